The Hall–Kier alpha value is 0.665. The van der Waals surface area contributed by atoms with E-state index in [2.05, 4.69) is 47.3 Å². The second-order valence-corrected chi connectivity index (χ2v) is 20.0. The molecule has 1 aromatic carbocycles. The van der Waals surface area contributed by atoms with Crippen molar-refractivity contribution in [2.75, 3.05) is 7.11 Å². The summed E-state index contributed by atoms with van der Waals surface area (Å²) in [7, 11) is 0.878. The molecule has 0 aliphatic carbocycles. The molecule has 5 heteroatoms. The molecule has 0 saturated carbocycles. The van der Waals surface area contributed by atoms with Gasteiger partial charge in [0.1, 0.15) is 0 Å². The van der Waals surface area contributed by atoms with E-state index < -0.39 is 8.07 Å². The van der Waals surface area contributed by atoms with Crippen LogP contribution in [0.15, 0.2) is 24.3 Å². The number of hydrogen-bond acceptors (Lipinski definition) is 1. The van der Waals surface area contributed by atoms with Gasteiger partial charge in [0.15, 0.2) is 0 Å². The molecule has 100 valence electrons. The quantitative estimate of drug-likeness (QED) is 0.452. The van der Waals surface area contributed by atoms with Crippen LogP contribution in [0, 0.1) is 0 Å². The summed E-state index contributed by atoms with van der Waals surface area (Å²) in [5.41, 5.74) is 1.34. The Labute approximate surface area is 131 Å². The molecule has 1 nitrogen and oxygen atoms in total. The number of methoxy groups -OCH3 is 1. The summed E-state index contributed by atoms with van der Waals surface area (Å²) in [4.78, 5) is 0. The van der Waals surface area contributed by atoms with Gasteiger partial charge in [0.2, 0.25) is 0 Å². The summed E-state index contributed by atoms with van der Waals surface area (Å²) in [5.74, 6) is 0.934. The molecule has 0 atom stereocenters. The molecule has 0 N–H and O–H groups in total. The Morgan fingerprint density at radius 1 is 1.22 bits per heavy atom. The summed E-state index contributed by atoms with van der Waals surface area (Å²) in [5, 5.41) is 1.45. The van der Waals surface area contributed by atoms with Crippen molar-refractivity contribution in [3.63, 3.8) is 0 Å². The van der Waals surface area contributed by atoms with E-state index in [9.17, 15) is 0 Å². The molecule has 0 radical (unpaired) electrons. The summed E-state index contributed by atoms with van der Waals surface area (Å²) in [6, 6.07) is 9.86. The van der Waals surface area contributed by atoms with Gasteiger partial charge in [0, 0.05) is 0 Å². The Morgan fingerprint density at radius 3 is 2.33 bits per heavy atom. The number of ether oxygens (including phenoxy) is 1. The van der Waals surface area contributed by atoms with Gasteiger partial charge in [0.05, 0.1) is 0 Å². The third-order valence-corrected chi connectivity index (χ3v) is 15.9. The van der Waals surface area contributed by atoms with Gasteiger partial charge in [-0.05, 0) is 0 Å². The molecule has 0 bridgehead atoms. The Morgan fingerprint density at radius 2 is 1.83 bits per heavy atom. The molecule has 0 unspecified atom stereocenters. The number of rotatable bonds is 7. The van der Waals surface area contributed by atoms with Gasteiger partial charge in [-0.3, -0.25) is 0 Å². The summed E-state index contributed by atoms with van der Waals surface area (Å²) >= 11 is 4.71. The van der Waals surface area contributed by atoms with Gasteiger partial charge in [-0.25, -0.2) is 0 Å². The molecule has 0 amide bonds. The third-order valence-electron chi connectivity index (χ3n) is 2.40. The van der Waals surface area contributed by atoms with E-state index >= 15 is 0 Å². The summed E-state index contributed by atoms with van der Waals surface area (Å²) in [6.45, 7) is 7.38. The second-order valence-electron chi connectivity index (χ2n) is 5.23. The first kappa shape index (κ1) is 16.7. The van der Waals surface area contributed by atoms with Crippen LogP contribution in [0.3, 0.4) is 0 Å². The van der Waals surface area contributed by atoms with Crippen LogP contribution in [0.5, 0.6) is 5.75 Å². The molecule has 18 heavy (non-hydrogen) atoms. The van der Waals surface area contributed by atoms with Gasteiger partial charge in [0.25, 0.3) is 0 Å². The predicted molar refractivity (Wildman–Crippen MR) is 87.3 cm³/mol. The van der Waals surface area contributed by atoms with Crippen LogP contribution in [0.1, 0.15) is 5.56 Å². The zero-order valence-corrected chi connectivity index (χ0v) is 17.5. The first-order valence-corrected chi connectivity index (χ1v) is 16.9. The maximum atomic E-state index is 5.18. The summed E-state index contributed by atoms with van der Waals surface area (Å²) in [6.07, 6.45) is 0. The van der Waals surface area contributed by atoms with E-state index in [-0.39, 0.29) is 0 Å². The Bertz CT molecular complexity index is 384. The van der Waals surface area contributed by atoms with Crippen LogP contribution in [-0.2, 0) is 0 Å². The van der Waals surface area contributed by atoms with Crippen molar-refractivity contribution < 1.29 is 4.74 Å². The predicted octanol–water partition coefficient (Wildman–Crippen LogP) is 2.42. The van der Waals surface area contributed by atoms with Crippen LogP contribution in [0.25, 0.3) is 0 Å². The normalized spacial score (nSPS) is 11.3. The average Bonchev–Trinajstić information content (AvgIpc) is 2.33. The van der Waals surface area contributed by atoms with Crippen LogP contribution < -0.4 is 4.74 Å². The van der Waals surface area contributed by atoms with Gasteiger partial charge in [-0.1, -0.05) is 0 Å². The molecule has 1 aromatic rings. The van der Waals surface area contributed by atoms with E-state index in [0.717, 1.165) is 18.9 Å². The first-order valence-electron chi connectivity index (χ1n) is 5.90. The molecule has 0 saturated heterocycles. The van der Waals surface area contributed by atoms with Gasteiger partial charge in [-0.2, -0.15) is 0 Å². The molecule has 0 spiro atoms. The Balaban J connectivity index is 2.36. The molecule has 0 fully saturated rings. The maximum absolute atomic E-state index is 5.18. The molecular weight excluding hydrogens is 437 g/mol. The van der Waals surface area contributed by atoms with Crippen LogP contribution >= 0.6 is 0 Å². The summed E-state index contributed by atoms with van der Waals surface area (Å²) < 4.78 is 6.64. The molecule has 1 rings (SSSR count). The van der Waals surface area contributed by atoms with Gasteiger partial charge >= 0.3 is 132 Å². The molecule has 0 heterocycles. The van der Waals surface area contributed by atoms with E-state index in [4.69, 9.17) is 4.74 Å². The average molecular weight is 457 g/mol. The van der Waals surface area contributed by atoms with Crippen molar-refractivity contribution in [1.82, 2.24) is 0 Å². The topological polar surface area (TPSA) is 9.23 Å². The van der Waals surface area contributed by atoms with Crippen molar-refractivity contribution in [2.24, 2.45) is 0 Å². The number of benzene rings is 1. The Kier molecular flexibility index (Phi) is 7.49. The van der Waals surface area contributed by atoms with Crippen molar-refractivity contribution in [3.05, 3.63) is 29.8 Å². The SMILES string of the molecule is COc1ccc(C(=[Se])[Se][Se]CC[Si](C)(C)C)cc1. The van der Waals surface area contributed by atoms with Crippen LogP contribution in [0.4, 0.5) is 0 Å². The minimum atomic E-state index is -0.831. The second kappa shape index (κ2) is 8.06. The van der Waals surface area contributed by atoms with Crippen molar-refractivity contribution in [2.45, 2.75) is 31.0 Å². The fourth-order valence-corrected chi connectivity index (χ4v) is 16.0. The van der Waals surface area contributed by atoms with Crippen molar-refractivity contribution in [3.8, 4) is 5.75 Å². The van der Waals surface area contributed by atoms with Crippen LogP contribution in [0.2, 0.25) is 31.0 Å². The molecule has 0 aromatic heterocycles. The zero-order chi connectivity index (χ0) is 13.6. The van der Waals surface area contributed by atoms with E-state index in [1.54, 1.807) is 7.11 Å². The third kappa shape index (κ3) is 6.72. The van der Waals surface area contributed by atoms with E-state index in [0.29, 0.717) is 13.1 Å². The van der Waals surface area contributed by atoms with E-state index in [1.807, 2.05) is 12.1 Å². The molecular formula is C13H20OSe3Si. The van der Waals surface area contributed by atoms with Crippen molar-refractivity contribution >= 4 is 53.2 Å². The van der Waals surface area contributed by atoms with Gasteiger partial charge in [-0.15, -0.1) is 0 Å². The fraction of sp³-hybridized carbons (Fsp3) is 0.462. The monoisotopic (exact) mass is 460 g/mol. The van der Waals surface area contributed by atoms with E-state index in [1.165, 1.54) is 20.2 Å². The molecule has 0 aliphatic heterocycles. The standard InChI is InChI=1S/C13H20OSe3Si/c1-14-12-7-5-11(6-8-12)13(15)17-16-9-10-18(2,3)4/h5-8H,9-10H2,1-4H3. The molecule has 0 aliphatic rings. The zero-order valence-electron chi connectivity index (χ0n) is 11.4. The first-order chi connectivity index (χ1) is 8.42. The van der Waals surface area contributed by atoms with Crippen molar-refractivity contribution in [1.29, 1.82) is 0 Å². The fourth-order valence-electron chi connectivity index (χ4n) is 1.22. The number of hydrogen-bond donors (Lipinski definition) is 0. The van der Waals surface area contributed by atoms with Crippen LogP contribution in [-0.4, -0.2) is 60.3 Å². The van der Waals surface area contributed by atoms with Gasteiger partial charge < -0.3 is 0 Å². The minimum absolute atomic E-state index is 0.654.